The lowest BCUT2D eigenvalue weighted by atomic mass is 10.1. The number of aryl methyl sites for hydroxylation is 1. The van der Waals surface area contributed by atoms with Crippen molar-refractivity contribution < 1.29 is 9.21 Å². The average molecular weight is 231 g/mol. The van der Waals surface area contributed by atoms with E-state index in [2.05, 4.69) is 5.32 Å². The maximum Gasteiger partial charge on any atom is 0.199 e. The molecule has 0 saturated carbocycles. The fraction of sp³-hybridized carbons (Fsp3) is 0.357. The lowest BCUT2D eigenvalue weighted by Gasteiger charge is -1.98. The predicted molar refractivity (Wildman–Crippen MR) is 68.4 cm³/mol. The van der Waals surface area contributed by atoms with Gasteiger partial charge in [0.2, 0.25) is 0 Å². The number of hydrogen-bond donors (Lipinski definition) is 1. The second-order valence-electron chi connectivity index (χ2n) is 4.13. The van der Waals surface area contributed by atoms with Crippen LogP contribution in [0.5, 0.6) is 0 Å². The minimum Gasteiger partial charge on any atom is -0.453 e. The van der Waals surface area contributed by atoms with E-state index in [1.165, 1.54) is 0 Å². The molecule has 1 aromatic carbocycles. The van der Waals surface area contributed by atoms with E-state index in [0.717, 1.165) is 23.1 Å². The molecule has 0 spiro atoms. The van der Waals surface area contributed by atoms with Gasteiger partial charge in [-0.25, -0.2) is 0 Å². The Kier molecular flexibility index (Phi) is 3.59. The molecule has 0 aliphatic rings. The third-order valence-electron chi connectivity index (χ3n) is 2.79. The van der Waals surface area contributed by atoms with Crippen LogP contribution in [0.25, 0.3) is 11.0 Å². The zero-order valence-corrected chi connectivity index (χ0v) is 10.2. The molecule has 0 atom stereocenters. The molecule has 1 heterocycles. The summed E-state index contributed by atoms with van der Waals surface area (Å²) < 4.78 is 5.61. The zero-order chi connectivity index (χ0) is 12.3. The molecule has 1 N–H and O–H groups in total. The molecule has 0 aliphatic heterocycles. The second kappa shape index (κ2) is 5.15. The molecule has 0 radical (unpaired) electrons. The van der Waals surface area contributed by atoms with Gasteiger partial charge in [-0.1, -0.05) is 25.1 Å². The number of benzene rings is 1. The van der Waals surface area contributed by atoms with E-state index >= 15 is 0 Å². The van der Waals surface area contributed by atoms with Crippen molar-refractivity contribution in [2.75, 3.05) is 13.1 Å². The topological polar surface area (TPSA) is 42.2 Å². The van der Waals surface area contributed by atoms with Crippen molar-refractivity contribution in [3.05, 3.63) is 35.6 Å². The van der Waals surface area contributed by atoms with Crippen LogP contribution >= 0.6 is 0 Å². The van der Waals surface area contributed by atoms with Gasteiger partial charge in [0.15, 0.2) is 11.5 Å². The molecule has 0 unspecified atom stereocenters. The Morgan fingerprint density at radius 3 is 2.94 bits per heavy atom. The molecule has 3 nitrogen and oxygen atoms in total. The van der Waals surface area contributed by atoms with Crippen molar-refractivity contribution in [1.82, 2.24) is 5.32 Å². The van der Waals surface area contributed by atoms with Gasteiger partial charge in [-0.3, -0.25) is 4.79 Å². The first kappa shape index (κ1) is 11.9. The van der Waals surface area contributed by atoms with Gasteiger partial charge >= 0.3 is 0 Å². The normalized spacial score (nSPS) is 10.9. The quantitative estimate of drug-likeness (QED) is 0.635. The number of rotatable bonds is 5. The first-order valence-electron chi connectivity index (χ1n) is 5.95. The lowest BCUT2D eigenvalue weighted by molar-refractivity contribution is 0.0958. The number of hydrogen-bond acceptors (Lipinski definition) is 3. The van der Waals surface area contributed by atoms with Gasteiger partial charge in [0.25, 0.3) is 0 Å². The largest absolute Gasteiger partial charge is 0.453 e. The number of furan rings is 1. The van der Waals surface area contributed by atoms with Crippen LogP contribution in [0.2, 0.25) is 0 Å². The van der Waals surface area contributed by atoms with E-state index in [1.807, 2.05) is 38.1 Å². The zero-order valence-electron chi connectivity index (χ0n) is 10.2. The predicted octanol–water partition coefficient (Wildman–Crippen LogP) is 2.92. The molecule has 0 saturated heterocycles. The highest BCUT2D eigenvalue weighted by molar-refractivity contribution is 5.98. The smallest absolute Gasteiger partial charge is 0.199 e. The van der Waals surface area contributed by atoms with Crippen LogP contribution in [0.1, 0.15) is 29.5 Å². The van der Waals surface area contributed by atoms with Crippen LogP contribution < -0.4 is 5.32 Å². The summed E-state index contributed by atoms with van der Waals surface area (Å²) in [5, 5.41) is 4.13. The third kappa shape index (κ3) is 2.56. The molecule has 17 heavy (non-hydrogen) atoms. The van der Waals surface area contributed by atoms with Gasteiger partial charge in [0.05, 0.1) is 0 Å². The molecule has 90 valence electrons. The number of carbonyl (C=O) groups excluding carboxylic acids is 1. The van der Waals surface area contributed by atoms with Crippen molar-refractivity contribution in [1.29, 1.82) is 0 Å². The summed E-state index contributed by atoms with van der Waals surface area (Å²) in [5.41, 5.74) is 1.88. The summed E-state index contributed by atoms with van der Waals surface area (Å²) in [6.45, 7) is 5.59. The Morgan fingerprint density at radius 2 is 2.24 bits per heavy atom. The maximum atomic E-state index is 11.9. The average Bonchev–Trinajstić information content (AvgIpc) is 2.75. The summed E-state index contributed by atoms with van der Waals surface area (Å²) >= 11 is 0. The third-order valence-corrected chi connectivity index (χ3v) is 2.79. The van der Waals surface area contributed by atoms with E-state index < -0.39 is 0 Å². The summed E-state index contributed by atoms with van der Waals surface area (Å²) in [4.78, 5) is 11.9. The number of fused-ring (bicyclic) bond motifs is 1. The fourth-order valence-electron chi connectivity index (χ4n) is 1.85. The minimum atomic E-state index is 0.0570. The molecular weight excluding hydrogens is 214 g/mol. The summed E-state index contributed by atoms with van der Waals surface area (Å²) in [6, 6.07) is 7.75. The summed E-state index contributed by atoms with van der Waals surface area (Å²) in [5.74, 6) is 0.522. The van der Waals surface area contributed by atoms with E-state index in [-0.39, 0.29) is 5.78 Å². The monoisotopic (exact) mass is 231 g/mol. The maximum absolute atomic E-state index is 11.9. The van der Waals surface area contributed by atoms with E-state index in [0.29, 0.717) is 18.7 Å². The first-order chi connectivity index (χ1) is 8.22. The number of para-hydroxylation sites is 1. The molecule has 2 rings (SSSR count). The van der Waals surface area contributed by atoms with Gasteiger partial charge < -0.3 is 9.73 Å². The van der Waals surface area contributed by atoms with Crippen LogP contribution in [0, 0.1) is 6.92 Å². The van der Waals surface area contributed by atoms with E-state index in [1.54, 1.807) is 0 Å². The highest BCUT2D eigenvalue weighted by atomic mass is 16.3. The van der Waals surface area contributed by atoms with Crippen LogP contribution in [0.4, 0.5) is 0 Å². The number of Topliss-reactive ketones (excluding diaryl/α,β-unsaturated/α-hetero) is 1. The van der Waals surface area contributed by atoms with E-state index in [4.69, 9.17) is 4.42 Å². The molecule has 2 aromatic rings. The number of carbonyl (C=O) groups is 1. The van der Waals surface area contributed by atoms with Gasteiger partial charge in [-0.2, -0.15) is 0 Å². The van der Waals surface area contributed by atoms with Crippen LogP contribution in [-0.4, -0.2) is 18.9 Å². The molecule has 0 fully saturated rings. The Morgan fingerprint density at radius 1 is 1.41 bits per heavy atom. The molecule has 0 aliphatic carbocycles. The van der Waals surface area contributed by atoms with Crippen molar-refractivity contribution in [2.45, 2.75) is 20.3 Å². The van der Waals surface area contributed by atoms with Crippen LogP contribution in [0.15, 0.2) is 28.7 Å². The Bertz CT molecular complexity index is 528. The van der Waals surface area contributed by atoms with Gasteiger partial charge in [0, 0.05) is 18.4 Å². The highest BCUT2D eigenvalue weighted by Crippen LogP contribution is 2.23. The molecule has 0 amide bonds. The highest BCUT2D eigenvalue weighted by Gasteiger charge is 2.12. The molecule has 0 bridgehead atoms. The van der Waals surface area contributed by atoms with Crippen molar-refractivity contribution in [3.8, 4) is 0 Å². The van der Waals surface area contributed by atoms with Crippen LogP contribution in [0.3, 0.4) is 0 Å². The Balaban J connectivity index is 2.19. The lowest BCUT2D eigenvalue weighted by Crippen LogP contribution is -2.17. The summed E-state index contributed by atoms with van der Waals surface area (Å²) in [7, 11) is 0. The number of nitrogens with one attached hydrogen (secondary N) is 1. The van der Waals surface area contributed by atoms with Crippen LogP contribution in [-0.2, 0) is 0 Å². The van der Waals surface area contributed by atoms with Crippen molar-refractivity contribution >= 4 is 16.8 Å². The van der Waals surface area contributed by atoms with Gasteiger partial charge in [0.1, 0.15) is 5.58 Å². The van der Waals surface area contributed by atoms with Crippen molar-refractivity contribution in [3.63, 3.8) is 0 Å². The Labute approximate surface area is 101 Å². The number of ketones is 1. The standard InChI is InChI=1S/C14H17NO2/c1-3-15-8-7-12(16)13-9-11-6-4-5-10(2)14(11)17-13/h4-6,9,15H,3,7-8H2,1-2H3. The Hall–Kier alpha value is -1.61. The second-order valence-corrected chi connectivity index (χ2v) is 4.13. The van der Waals surface area contributed by atoms with Gasteiger partial charge in [-0.15, -0.1) is 0 Å². The fourth-order valence-corrected chi connectivity index (χ4v) is 1.85. The van der Waals surface area contributed by atoms with Crippen molar-refractivity contribution in [2.24, 2.45) is 0 Å². The molecule has 3 heteroatoms. The molecular formula is C14H17NO2. The first-order valence-corrected chi connectivity index (χ1v) is 5.95. The summed E-state index contributed by atoms with van der Waals surface area (Å²) in [6.07, 6.45) is 0.479. The van der Waals surface area contributed by atoms with Gasteiger partial charge in [-0.05, 0) is 25.1 Å². The van der Waals surface area contributed by atoms with E-state index in [9.17, 15) is 4.79 Å². The minimum absolute atomic E-state index is 0.0570. The SMILES string of the molecule is CCNCCC(=O)c1cc2cccc(C)c2o1. The molecule has 1 aromatic heterocycles.